The maximum absolute atomic E-state index is 14.0. The SMILES string of the molecule is CN(CCOCC1CC1)Cc1ccc(C#CCN)cc1F. The van der Waals surface area contributed by atoms with E-state index in [0.29, 0.717) is 24.3 Å². The highest BCUT2D eigenvalue weighted by Gasteiger charge is 2.20. The lowest BCUT2D eigenvalue weighted by atomic mass is 10.1. The summed E-state index contributed by atoms with van der Waals surface area (Å²) >= 11 is 0. The number of hydrogen-bond donors (Lipinski definition) is 1. The lowest BCUT2D eigenvalue weighted by Crippen LogP contribution is -2.23. The zero-order valence-corrected chi connectivity index (χ0v) is 12.6. The first kappa shape index (κ1) is 16.0. The van der Waals surface area contributed by atoms with E-state index in [1.54, 1.807) is 6.07 Å². The lowest BCUT2D eigenvalue weighted by molar-refractivity contribution is 0.101. The summed E-state index contributed by atoms with van der Waals surface area (Å²) in [7, 11) is 1.97. The molecule has 1 saturated carbocycles. The van der Waals surface area contributed by atoms with Crippen molar-refractivity contribution in [2.24, 2.45) is 11.7 Å². The maximum atomic E-state index is 14.0. The molecule has 3 nitrogen and oxygen atoms in total. The molecule has 0 heterocycles. The topological polar surface area (TPSA) is 38.5 Å². The molecular weight excluding hydrogens is 267 g/mol. The molecule has 4 heteroatoms. The molecule has 0 spiro atoms. The van der Waals surface area contributed by atoms with Crippen LogP contribution in [0.25, 0.3) is 0 Å². The van der Waals surface area contributed by atoms with Crippen molar-refractivity contribution in [2.75, 3.05) is 33.4 Å². The predicted molar refractivity (Wildman–Crippen MR) is 82.2 cm³/mol. The molecule has 2 N–H and O–H groups in total. The Hall–Kier alpha value is -1.41. The first-order valence-electron chi connectivity index (χ1n) is 7.42. The number of halogens is 1. The monoisotopic (exact) mass is 290 g/mol. The van der Waals surface area contributed by atoms with Crippen molar-refractivity contribution in [3.63, 3.8) is 0 Å². The van der Waals surface area contributed by atoms with Gasteiger partial charge >= 0.3 is 0 Å². The second kappa shape index (κ2) is 8.14. The van der Waals surface area contributed by atoms with Crippen LogP contribution in [-0.4, -0.2) is 38.3 Å². The third-order valence-corrected chi connectivity index (χ3v) is 3.50. The Morgan fingerprint density at radius 1 is 1.43 bits per heavy atom. The highest BCUT2D eigenvalue weighted by Crippen LogP contribution is 2.28. The largest absolute Gasteiger partial charge is 0.380 e. The summed E-state index contributed by atoms with van der Waals surface area (Å²) in [5.74, 6) is 6.13. The Morgan fingerprint density at radius 3 is 2.90 bits per heavy atom. The molecule has 1 aliphatic rings. The van der Waals surface area contributed by atoms with Crippen molar-refractivity contribution in [3.05, 3.63) is 35.1 Å². The molecule has 2 rings (SSSR count). The smallest absolute Gasteiger partial charge is 0.128 e. The number of hydrogen-bond acceptors (Lipinski definition) is 3. The Labute approximate surface area is 126 Å². The summed E-state index contributed by atoms with van der Waals surface area (Å²) < 4.78 is 19.6. The number of ether oxygens (including phenoxy) is 1. The molecule has 0 aromatic heterocycles. The molecular formula is C17H23FN2O. The summed E-state index contributed by atoms with van der Waals surface area (Å²) in [6.45, 7) is 3.24. The predicted octanol–water partition coefficient (Wildman–Crippen LogP) is 1.99. The molecule has 114 valence electrons. The number of likely N-dealkylation sites (N-methyl/N-ethyl adjacent to an activating group) is 1. The minimum absolute atomic E-state index is 0.218. The first-order chi connectivity index (χ1) is 10.2. The van der Waals surface area contributed by atoms with Crippen LogP contribution >= 0.6 is 0 Å². The molecule has 0 atom stereocenters. The van der Waals surface area contributed by atoms with E-state index >= 15 is 0 Å². The second-order valence-corrected chi connectivity index (χ2v) is 5.57. The summed E-state index contributed by atoms with van der Waals surface area (Å²) in [4.78, 5) is 2.07. The van der Waals surface area contributed by atoms with Crippen LogP contribution in [0.3, 0.4) is 0 Å². The van der Waals surface area contributed by atoms with Crippen LogP contribution in [0.5, 0.6) is 0 Å². The van der Waals surface area contributed by atoms with Gasteiger partial charge in [0.15, 0.2) is 0 Å². The third kappa shape index (κ3) is 5.84. The molecule has 0 amide bonds. The number of benzene rings is 1. The van der Waals surface area contributed by atoms with Crippen LogP contribution in [0.15, 0.2) is 18.2 Å². The number of nitrogens with two attached hydrogens (primary N) is 1. The van der Waals surface area contributed by atoms with Crippen LogP contribution in [-0.2, 0) is 11.3 Å². The first-order valence-corrected chi connectivity index (χ1v) is 7.42. The van der Waals surface area contributed by atoms with E-state index in [2.05, 4.69) is 16.7 Å². The Bertz CT molecular complexity index is 517. The second-order valence-electron chi connectivity index (χ2n) is 5.57. The number of nitrogens with zero attached hydrogens (tertiary/aromatic N) is 1. The summed E-state index contributed by atoms with van der Waals surface area (Å²) in [6, 6.07) is 5.09. The fourth-order valence-electron chi connectivity index (χ4n) is 2.03. The summed E-state index contributed by atoms with van der Waals surface area (Å²) in [6.07, 6.45) is 2.61. The molecule has 1 aromatic rings. The molecule has 0 saturated heterocycles. The Balaban J connectivity index is 1.77. The molecule has 0 unspecified atom stereocenters. The van der Waals surface area contributed by atoms with Gasteiger partial charge in [-0.3, -0.25) is 4.90 Å². The van der Waals surface area contributed by atoms with Gasteiger partial charge in [-0.25, -0.2) is 4.39 Å². The van der Waals surface area contributed by atoms with Gasteiger partial charge in [-0.15, -0.1) is 0 Å². The van der Waals surface area contributed by atoms with Gasteiger partial charge in [-0.1, -0.05) is 17.9 Å². The normalized spacial score (nSPS) is 14.1. The average Bonchev–Trinajstić information content (AvgIpc) is 3.28. The van der Waals surface area contributed by atoms with Crippen molar-refractivity contribution in [3.8, 4) is 11.8 Å². The van der Waals surface area contributed by atoms with E-state index in [-0.39, 0.29) is 12.4 Å². The Morgan fingerprint density at radius 2 is 2.24 bits per heavy atom. The van der Waals surface area contributed by atoms with E-state index < -0.39 is 0 Å². The van der Waals surface area contributed by atoms with Crippen LogP contribution in [0, 0.1) is 23.6 Å². The van der Waals surface area contributed by atoms with Crippen molar-refractivity contribution in [2.45, 2.75) is 19.4 Å². The van der Waals surface area contributed by atoms with Crippen molar-refractivity contribution in [1.29, 1.82) is 0 Å². The maximum Gasteiger partial charge on any atom is 0.128 e. The minimum Gasteiger partial charge on any atom is -0.380 e. The molecule has 0 bridgehead atoms. The van der Waals surface area contributed by atoms with Crippen molar-refractivity contribution in [1.82, 2.24) is 4.90 Å². The molecule has 1 aromatic carbocycles. The van der Waals surface area contributed by atoms with Gasteiger partial charge in [-0.2, -0.15) is 0 Å². The molecule has 1 aliphatic carbocycles. The quantitative estimate of drug-likeness (QED) is 0.616. The van der Waals surface area contributed by atoms with E-state index in [1.165, 1.54) is 18.9 Å². The van der Waals surface area contributed by atoms with E-state index in [0.717, 1.165) is 19.1 Å². The van der Waals surface area contributed by atoms with Gasteiger partial charge in [0, 0.05) is 30.8 Å². The van der Waals surface area contributed by atoms with Crippen LogP contribution in [0.4, 0.5) is 4.39 Å². The average molecular weight is 290 g/mol. The van der Waals surface area contributed by atoms with Gasteiger partial charge in [0.25, 0.3) is 0 Å². The van der Waals surface area contributed by atoms with Gasteiger partial charge < -0.3 is 10.5 Å². The van der Waals surface area contributed by atoms with Crippen molar-refractivity contribution >= 4 is 0 Å². The van der Waals surface area contributed by atoms with Crippen LogP contribution < -0.4 is 5.73 Å². The fourth-order valence-corrected chi connectivity index (χ4v) is 2.03. The van der Waals surface area contributed by atoms with E-state index in [4.69, 9.17) is 10.5 Å². The lowest BCUT2D eigenvalue weighted by Gasteiger charge is -2.17. The fraction of sp³-hybridized carbons (Fsp3) is 0.529. The van der Waals surface area contributed by atoms with E-state index in [9.17, 15) is 4.39 Å². The highest BCUT2D eigenvalue weighted by atomic mass is 19.1. The Kier molecular flexibility index (Phi) is 6.19. The van der Waals surface area contributed by atoms with Gasteiger partial charge in [0.05, 0.1) is 13.2 Å². The molecule has 0 aliphatic heterocycles. The van der Waals surface area contributed by atoms with Gasteiger partial charge in [-0.05, 0) is 37.9 Å². The van der Waals surface area contributed by atoms with E-state index in [1.807, 2.05) is 13.1 Å². The minimum atomic E-state index is -0.218. The number of rotatable bonds is 7. The standard InChI is InChI=1S/C17H23FN2O/c1-20(9-10-21-13-15-4-5-15)12-16-7-6-14(3-2-8-19)11-17(16)18/h6-7,11,15H,4-5,8-10,12-13,19H2,1H3. The third-order valence-electron chi connectivity index (χ3n) is 3.50. The summed E-state index contributed by atoms with van der Waals surface area (Å²) in [5, 5.41) is 0. The highest BCUT2D eigenvalue weighted by molar-refractivity contribution is 5.37. The zero-order valence-electron chi connectivity index (χ0n) is 12.6. The zero-order chi connectivity index (χ0) is 15.1. The van der Waals surface area contributed by atoms with Crippen LogP contribution in [0.1, 0.15) is 24.0 Å². The molecule has 1 fully saturated rings. The van der Waals surface area contributed by atoms with Crippen LogP contribution in [0.2, 0.25) is 0 Å². The van der Waals surface area contributed by atoms with Gasteiger partial charge in [0.2, 0.25) is 0 Å². The van der Waals surface area contributed by atoms with Crippen molar-refractivity contribution < 1.29 is 9.13 Å². The molecule has 0 radical (unpaired) electrons. The molecule has 21 heavy (non-hydrogen) atoms. The summed E-state index contributed by atoms with van der Waals surface area (Å²) in [5.41, 5.74) is 6.65. The van der Waals surface area contributed by atoms with Gasteiger partial charge in [0.1, 0.15) is 5.82 Å².